The predicted molar refractivity (Wildman–Crippen MR) is 118 cm³/mol. The zero-order valence-corrected chi connectivity index (χ0v) is 18.0. The van der Waals surface area contributed by atoms with Crippen LogP contribution in [0.5, 0.6) is 0 Å². The molecule has 1 fully saturated rings. The lowest BCUT2D eigenvalue weighted by Gasteiger charge is -2.06. The quantitative estimate of drug-likeness (QED) is 0.444. The maximum absolute atomic E-state index is 12.4. The van der Waals surface area contributed by atoms with Gasteiger partial charge < -0.3 is 10.6 Å². The number of amides is 2. The van der Waals surface area contributed by atoms with Gasteiger partial charge in [-0.2, -0.15) is 0 Å². The maximum atomic E-state index is 12.4. The highest BCUT2D eigenvalue weighted by atomic mass is 79.9. The van der Waals surface area contributed by atoms with Crippen LogP contribution in [-0.2, 0) is 4.79 Å². The van der Waals surface area contributed by atoms with Gasteiger partial charge in [0.2, 0.25) is 5.91 Å². The predicted octanol–water partition coefficient (Wildman–Crippen LogP) is 6.26. The fraction of sp³-hybridized carbons (Fsp3) is 0.143. The number of carbonyl (C=O) groups is 2. The van der Waals surface area contributed by atoms with E-state index >= 15 is 0 Å². The van der Waals surface area contributed by atoms with Crippen LogP contribution in [0, 0.1) is 5.92 Å². The van der Waals surface area contributed by atoms with E-state index < -0.39 is 0 Å². The standard InChI is InChI=1S/C21H17BrN2O2S2/c22-14-3-7-16(8-4-14)27-17-9-5-15(6-10-17)23-21(26)18-11-12-19(28-18)24-20(25)13-1-2-13/h3-13H,1-2H2,(H,23,26)(H,24,25). The molecule has 1 heterocycles. The van der Waals surface area contributed by atoms with Crippen LogP contribution < -0.4 is 10.6 Å². The third-order valence-corrected chi connectivity index (χ3v) is 6.73. The van der Waals surface area contributed by atoms with Crippen molar-refractivity contribution in [1.29, 1.82) is 0 Å². The SMILES string of the molecule is O=C(Nc1ccc(Sc2ccc(Br)cc2)cc1)c1ccc(NC(=O)C2CC2)s1. The first-order valence-electron chi connectivity index (χ1n) is 8.82. The van der Waals surface area contributed by atoms with Gasteiger partial charge in [-0.15, -0.1) is 11.3 Å². The second-order valence-electron chi connectivity index (χ2n) is 6.46. The summed E-state index contributed by atoms with van der Waals surface area (Å²) in [5.41, 5.74) is 0.738. The molecule has 4 nitrogen and oxygen atoms in total. The van der Waals surface area contributed by atoms with Gasteiger partial charge in [0, 0.05) is 25.9 Å². The first kappa shape index (κ1) is 19.2. The van der Waals surface area contributed by atoms with Crippen molar-refractivity contribution >= 4 is 61.5 Å². The van der Waals surface area contributed by atoms with Gasteiger partial charge in [0.1, 0.15) is 0 Å². The van der Waals surface area contributed by atoms with Crippen LogP contribution in [0.3, 0.4) is 0 Å². The molecule has 0 spiro atoms. The van der Waals surface area contributed by atoms with Crippen molar-refractivity contribution in [3.05, 3.63) is 70.0 Å². The summed E-state index contributed by atoms with van der Waals surface area (Å²) in [7, 11) is 0. The molecule has 1 aliphatic rings. The van der Waals surface area contributed by atoms with Crippen LogP contribution in [0.1, 0.15) is 22.5 Å². The summed E-state index contributed by atoms with van der Waals surface area (Å²) >= 11 is 6.39. The van der Waals surface area contributed by atoms with Crippen LogP contribution >= 0.6 is 39.0 Å². The molecule has 4 rings (SSSR count). The molecule has 142 valence electrons. The second-order valence-corrected chi connectivity index (χ2v) is 9.61. The monoisotopic (exact) mass is 472 g/mol. The Morgan fingerprint density at radius 1 is 0.893 bits per heavy atom. The van der Waals surface area contributed by atoms with E-state index in [0.717, 1.165) is 32.8 Å². The van der Waals surface area contributed by atoms with E-state index in [1.54, 1.807) is 23.9 Å². The first-order chi connectivity index (χ1) is 13.6. The number of benzene rings is 2. The van der Waals surface area contributed by atoms with E-state index in [2.05, 4.69) is 38.7 Å². The fourth-order valence-corrected chi connectivity index (χ4v) is 4.42. The summed E-state index contributed by atoms with van der Waals surface area (Å²) in [6, 6.07) is 19.4. The van der Waals surface area contributed by atoms with E-state index in [4.69, 9.17) is 0 Å². The molecular weight excluding hydrogens is 456 g/mol. The van der Waals surface area contributed by atoms with Crippen LogP contribution in [0.15, 0.2) is 74.9 Å². The average Bonchev–Trinajstić information content (AvgIpc) is 3.45. The highest BCUT2D eigenvalue weighted by molar-refractivity contribution is 9.10. The van der Waals surface area contributed by atoms with Gasteiger partial charge in [0.05, 0.1) is 9.88 Å². The summed E-state index contributed by atoms with van der Waals surface area (Å²) in [4.78, 5) is 27.1. The molecule has 0 radical (unpaired) electrons. The minimum atomic E-state index is -0.176. The fourth-order valence-electron chi connectivity index (χ4n) is 2.53. The maximum Gasteiger partial charge on any atom is 0.265 e. The molecule has 1 saturated carbocycles. The largest absolute Gasteiger partial charge is 0.321 e. The minimum Gasteiger partial charge on any atom is -0.321 e. The van der Waals surface area contributed by atoms with Crippen molar-refractivity contribution in [3.8, 4) is 0 Å². The third kappa shape index (κ3) is 5.04. The Hall–Kier alpha value is -2.09. The zero-order chi connectivity index (χ0) is 19.5. The normalized spacial score (nSPS) is 13.2. The van der Waals surface area contributed by atoms with Gasteiger partial charge in [0.25, 0.3) is 5.91 Å². The van der Waals surface area contributed by atoms with Gasteiger partial charge >= 0.3 is 0 Å². The Bertz CT molecular complexity index is 996. The molecule has 3 aromatic rings. The van der Waals surface area contributed by atoms with E-state index in [1.807, 2.05) is 36.4 Å². The Labute approximate surface area is 179 Å². The first-order valence-corrected chi connectivity index (χ1v) is 11.2. The third-order valence-electron chi connectivity index (χ3n) is 4.19. The molecule has 28 heavy (non-hydrogen) atoms. The van der Waals surface area contributed by atoms with E-state index in [-0.39, 0.29) is 17.7 Å². The summed E-state index contributed by atoms with van der Waals surface area (Å²) in [5, 5.41) is 6.48. The lowest BCUT2D eigenvalue weighted by atomic mass is 10.3. The molecule has 1 aromatic heterocycles. The number of hydrogen-bond donors (Lipinski definition) is 2. The van der Waals surface area contributed by atoms with Crippen LogP contribution in [0.4, 0.5) is 10.7 Å². The number of halogens is 1. The molecule has 2 N–H and O–H groups in total. The topological polar surface area (TPSA) is 58.2 Å². The molecule has 0 bridgehead atoms. The van der Waals surface area contributed by atoms with Crippen LogP contribution in [0.2, 0.25) is 0 Å². The summed E-state index contributed by atoms with van der Waals surface area (Å²) < 4.78 is 1.05. The zero-order valence-electron chi connectivity index (χ0n) is 14.8. The summed E-state index contributed by atoms with van der Waals surface area (Å²) in [6.07, 6.45) is 1.92. The number of rotatable bonds is 6. The van der Waals surface area contributed by atoms with Crippen molar-refractivity contribution in [2.75, 3.05) is 10.6 Å². The average molecular weight is 473 g/mol. The second kappa shape index (κ2) is 8.51. The molecule has 0 atom stereocenters. The van der Waals surface area contributed by atoms with Gasteiger partial charge in [-0.3, -0.25) is 9.59 Å². The molecule has 7 heteroatoms. The number of anilines is 2. The number of hydrogen-bond acceptors (Lipinski definition) is 4. The van der Waals surface area contributed by atoms with Crippen LogP contribution in [0.25, 0.3) is 0 Å². The molecule has 0 saturated heterocycles. The highest BCUT2D eigenvalue weighted by Gasteiger charge is 2.29. The molecule has 0 aliphatic heterocycles. The van der Waals surface area contributed by atoms with Gasteiger partial charge in [-0.1, -0.05) is 27.7 Å². The van der Waals surface area contributed by atoms with Crippen LogP contribution in [-0.4, -0.2) is 11.8 Å². The molecular formula is C21H17BrN2O2S2. The smallest absolute Gasteiger partial charge is 0.265 e. The number of nitrogens with one attached hydrogen (secondary N) is 2. The molecule has 0 unspecified atom stereocenters. The van der Waals surface area contributed by atoms with Gasteiger partial charge in [0.15, 0.2) is 0 Å². The van der Waals surface area contributed by atoms with Crippen molar-refractivity contribution < 1.29 is 9.59 Å². The highest BCUT2D eigenvalue weighted by Crippen LogP contribution is 2.32. The Kier molecular flexibility index (Phi) is 5.85. The van der Waals surface area contributed by atoms with Crippen molar-refractivity contribution in [2.45, 2.75) is 22.6 Å². The summed E-state index contributed by atoms with van der Waals surface area (Å²) in [5.74, 6) is 0.0195. The Morgan fingerprint density at radius 3 is 2.18 bits per heavy atom. The van der Waals surface area contributed by atoms with E-state index in [9.17, 15) is 9.59 Å². The summed E-state index contributed by atoms with van der Waals surface area (Å²) in [6.45, 7) is 0. The van der Waals surface area contributed by atoms with Gasteiger partial charge in [-0.25, -0.2) is 0 Å². The lowest BCUT2D eigenvalue weighted by molar-refractivity contribution is -0.117. The minimum absolute atomic E-state index is 0.0488. The molecule has 1 aliphatic carbocycles. The number of thiophene rings is 1. The van der Waals surface area contributed by atoms with E-state index in [1.165, 1.54) is 11.3 Å². The van der Waals surface area contributed by atoms with Crippen molar-refractivity contribution in [1.82, 2.24) is 0 Å². The van der Waals surface area contributed by atoms with Gasteiger partial charge in [-0.05, 0) is 73.5 Å². The lowest BCUT2D eigenvalue weighted by Crippen LogP contribution is -2.12. The van der Waals surface area contributed by atoms with E-state index in [0.29, 0.717) is 9.88 Å². The molecule has 2 aromatic carbocycles. The molecule has 2 amide bonds. The Balaban J connectivity index is 1.34. The number of carbonyl (C=O) groups excluding carboxylic acids is 2. The Morgan fingerprint density at radius 2 is 1.54 bits per heavy atom. The van der Waals surface area contributed by atoms with Crippen molar-refractivity contribution in [3.63, 3.8) is 0 Å². The van der Waals surface area contributed by atoms with Crippen molar-refractivity contribution in [2.24, 2.45) is 5.92 Å².